The number of hydrazine groups is 1. The van der Waals surface area contributed by atoms with Crippen molar-refractivity contribution in [1.82, 2.24) is 10.0 Å². The number of ether oxygens (including phenoxy) is 1. The van der Waals surface area contributed by atoms with Crippen LogP contribution in [0.25, 0.3) is 0 Å². The van der Waals surface area contributed by atoms with Crippen LogP contribution in [0.3, 0.4) is 0 Å². The van der Waals surface area contributed by atoms with Crippen LogP contribution in [0.1, 0.15) is 32.1 Å². The largest absolute Gasteiger partial charge is 0.383 e. The van der Waals surface area contributed by atoms with Crippen LogP contribution >= 0.6 is 0 Å². The maximum atomic E-state index is 11.8. The zero-order valence-corrected chi connectivity index (χ0v) is 9.45. The Morgan fingerprint density at radius 3 is 2.93 bits per heavy atom. The van der Waals surface area contributed by atoms with E-state index in [4.69, 9.17) is 4.74 Å². The number of hydrogen-bond acceptors (Lipinski definition) is 3. The first-order valence-corrected chi connectivity index (χ1v) is 5.89. The Morgan fingerprint density at radius 1 is 1.33 bits per heavy atom. The molecule has 0 spiro atoms. The van der Waals surface area contributed by atoms with E-state index in [1.807, 2.05) is 5.01 Å². The highest BCUT2D eigenvalue weighted by Crippen LogP contribution is 2.23. The van der Waals surface area contributed by atoms with E-state index in [0.717, 1.165) is 45.4 Å². The van der Waals surface area contributed by atoms with E-state index >= 15 is 0 Å². The summed E-state index contributed by atoms with van der Waals surface area (Å²) in [6, 6.07) is 0.414. The summed E-state index contributed by atoms with van der Waals surface area (Å²) in [4.78, 5) is 11.8. The van der Waals surface area contributed by atoms with Gasteiger partial charge >= 0.3 is 0 Å². The molecule has 0 radical (unpaired) electrons. The minimum Gasteiger partial charge on any atom is -0.383 e. The standard InChI is InChI=1S/C11H20N2O2/c1-15-9-10-5-4-8-12(10)13-7-3-2-6-11(13)14/h10H,2-9H2,1H3/t10-/m0/s1. The van der Waals surface area contributed by atoms with Crippen molar-refractivity contribution in [1.29, 1.82) is 0 Å². The van der Waals surface area contributed by atoms with Crippen molar-refractivity contribution in [3.05, 3.63) is 0 Å². The summed E-state index contributed by atoms with van der Waals surface area (Å²) in [5, 5.41) is 4.19. The third-order valence-corrected chi connectivity index (χ3v) is 3.31. The molecule has 0 aromatic heterocycles. The van der Waals surface area contributed by atoms with Gasteiger partial charge in [-0.1, -0.05) is 0 Å². The fourth-order valence-corrected chi connectivity index (χ4v) is 2.56. The molecule has 0 unspecified atom stereocenters. The molecule has 0 aromatic carbocycles. The molecule has 86 valence electrons. The first-order chi connectivity index (χ1) is 7.33. The molecule has 2 saturated heterocycles. The summed E-state index contributed by atoms with van der Waals surface area (Å²) in [6.07, 6.45) is 5.24. The van der Waals surface area contributed by atoms with E-state index < -0.39 is 0 Å². The molecule has 2 aliphatic heterocycles. The summed E-state index contributed by atoms with van der Waals surface area (Å²) in [7, 11) is 1.73. The molecule has 4 nitrogen and oxygen atoms in total. The number of methoxy groups -OCH3 is 1. The second-order valence-electron chi connectivity index (χ2n) is 4.39. The molecule has 0 aliphatic carbocycles. The number of hydrogen-bond donors (Lipinski definition) is 0. The van der Waals surface area contributed by atoms with Crippen LogP contribution in [0.2, 0.25) is 0 Å². The average molecular weight is 212 g/mol. The number of carbonyl (C=O) groups excluding carboxylic acids is 1. The lowest BCUT2D eigenvalue weighted by atomic mass is 10.1. The fraction of sp³-hybridized carbons (Fsp3) is 0.909. The summed E-state index contributed by atoms with van der Waals surface area (Å²) in [5.74, 6) is 0.296. The SMILES string of the molecule is COC[C@@H]1CCCN1N1CCCCC1=O. The normalized spacial score (nSPS) is 28.7. The van der Waals surface area contributed by atoms with Gasteiger partial charge in [0, 0.05) is 26.6 Å². The minimum absolute atomic E-state index is 0.296. The molecule has 0 N–H and O–H groups in total. The molecule has 0 bridgehead atoms. The van der Waals surface area contributed by atoms with Gasteiger partial charge in [0.1, 0.15) is 0 Å². The van der Waals surface area contributed by atoms with Gasteiger partial charge < -0.3 is 4.74 Å². The molecule has 1 atom stereocenters. The van der Waals surface area contributed by atoms with Gasteiger partial charge in [-0.3, -0.25) is 9.80 Å². The maximum absolute atomic E-state index is 11.8. The fourth-order valence-electron chi connectivity index (χ4n) is 2.56. The highest BCUT2D eigenvalue weighted by molar-refractivity contribution is 5.76. The highest BCUT2D eigenvalue weighted by Gasteiger charge is 2.32. The smallest absolute Gasteiger partial charge is 0.236 e. The minimum atomic E-state index is 0.296. The van der Waals surface area contributed by atoms with Gasteiger partial charge in [0.25, 0.3) is 0 Å². The summed E-state index contributed by atoms with van der Waals surface area (Å²) in [6.45, 7) is 2.66. The van der Waals surface area contributed by atoms with Gasteiger partial charge in [0.05, 0.1) is 12.6 Å². The number of piperidine rings is 1. The van der Waals surface area contributed by atoms with Crippen LogP contribution in [-0.2, 0) is 9.53 Å². The van der Waals surface area contributed by atoms with Crippen molar-refractivity contribution in [3.8, 4) is 0 Å². The number of carbonyl (C=O) groups is 1. The summed E-state index contributed by atoms with van der Waals surface area (Å²) < 4.78 is 5.20. The topological polar surface area (TPSA) is 32.8 Å². The van der Waals surface area contributed by atoms with E-state index in [9.17, 15) is 4.79 Å². The lowest BCUT2D eigenvalue weighted by Crippen LogP contribution is -2.51. The lowest BCUT2D eigenvalue weighted by molar-refractivity contribution is -0.156. The molecule has 2 rings (SSSR count). The Morgan fingerprint density at radius 2 is 2.20 bits per heavy atom. The van der Waals surface area contributed by atoms with Crippen LogP contribution in [0, 0.1) is 0 Å². The van der Waals surface area contributed by atoms with Crippen molar-refractivity contribution in [2.24, 2.45) is 0 Å². The molecule has 0 saturated carbocycles. The summed E-state index contributed by atoms with van der Waals surface area (Å²) >= 11 is 0. The van der Waals surface area contributed by atoms with Crippen molar-refractivity contribution in [2.75, 3.05) is 26.8 Å². The van der Waals surface area contributed by atoms with Crippen LogP contribution in [0.4, 0.5) is 0 Å². The molecule has 2 heterocycles. The number of amides is 1. The van der Waals surface area contributed by atoms with Gasteiger partial charge in [0.15, 0.2) is 0 Å². The molecule has 2 fully saturated rings. The van der Waals surface area contributed by atoms with Crippen molar-refractivity contribution < 1.29 is 9.53 Å². The average Bonchev–Trinajstić information content (AvgIpc) is 2.67. The Kier molecular flexibility index (Phi) is 3.59. The Labute approximate surface area is 91.1 Å². The summed E-state index contributed by atoms with van der Waals surface area (Å²) in [5.41, 5.74) is 0. The third-order valence-electron chi connectivity index (χ3n) is 3.31. The quantitative estimate of drug-likeness (QED) is 0.700. The molecule has 2 aliphatic rings. The van der Waals surface area contributed by atoms with E-state index in [-0.39, 0.29) is 0 Å². The molecule has 0 aromatic rings. The second-order valence-corrected chi connectivity index (χ2v) is 4.39. The van der Waals surface area contributed by atoms with Gasteiger partial charge in [-0.05, 0) is 25.7 Å². The molecular formula is C11H20N2O2. The lowest BCUT2D eigenvalue weighted by Gasteiger charge is -2.38. The number of nitrogens with zero attached hydrogens (tertiary/aromatic N) is 2. The zero-order chi connectivity index (χ0) is 10.7. The zero-order valence-electron chi connectivity index (χ0n) is 9.45. The van der Waals surface area contributed by atoms with E-state index in [2.05, 4.69) is 5.01 Å². The highest BCUT2D eigenvalue weighted by atomic mass is 16.5. The molecule has 1 amide bonds. The van der Waals surface area contributed by atoms with Crippen molar-refractivity contribution in [2.45, 2.75) is 38.1 Å². The predicted molar refractivity (Wildman–Crippen MR) is 57.2 cm³/mol. The van der Waals surface area contributed by atoms with Crippen LogP contribution in [0.15, 0.2) is 0 Å². The van der Waals surface area contributed by atoms with Crippen LogP contribution < -0.4 is 0 Å². The van der Waals surface area contributed by atoms with E-state index in [1.54, 1.807) is 7.11 Å². The third kappa shape index (κ3) is 2.32. The van der Waals surface area contributed by atoms with Crippen molar-refractivity contribution in [3.63, 3.8) is 0 Å². The van der Waals surface area contributed by atoms with Gasteiger partial charge in [-0.15, -0.1) is 0 Å². The van der Waals surface area contributed by atoms with Crippen molar-refractivity contribution >= 4 is 5.91 Å². The number of rotatable bonds is 3. The Bertz CT molecular complexity index is 233. The Hall–Kier alpha value is -0.610. The monoisotopic (exact) mass is 212 g/mol. The first-order valence-electron chi connectivity index (χ1n) is 5.89. The predicted octanol–water partition coefficient (Wildman–Crippen LogP) is 1.02. The molecule has 15 heavy (non-hydrogen) atoms. The molecule has 4 heteroatoms. The van der Waals surface area contributed by atoms with E-state index in [1.165, 1.54) is 6.42 Å². The van der Waals surface area contributed by atoms with Crippen LogP contribution in [-0.4, -0.2) is 48.8 Å². The van der Waals surface area contributed by atoms with Gasteiger partial charge in [-0.25, -0.2) is 5.01 Å². The Balaban J connectivity index is 1.98. The van der Waals surface area contributed by atoms with Gasteiger partial charge in [-0.2, -0.15) is 0 Å². The van der Waals surface area contributed by atoms with Gasteiger partial charge in [0.2, 0.25) is 5.91 Å². The van der Waals surface area contributed by atoms with Crippen LogP contribution in [0.5, 0.6) is 0 Å². The maximum Gasteiger partial charge on any atom is 0.236 e. The molecular weight excluding hydrogens is 192 g/mol. The van der Waals surface area contributed by atoms with E-state index in [0.29, 0.717) is 11.9 Å². The second kappa shape index (κ2) is 4.94. The first kappa shape index (κ1) is 10.9.